The molecule has 2 amide bonds. The molecule has 0 unspecified atom stereocenters. The van der Waals surface area contributed by atoms with Crippen molar-refractivity contribution in [3.63, 3.8) is 0 Å². The lowest BCUT2D eigenvalue weighted by Gasteiger charge is -2.19. The molecule has 0 saturated heterocycles. The number of carbonyl (C=O) groups is 3. The van der Waals surface area contributed by atoms with Gasteiger partial charge in [-0.05, 0) is 38.1 Å². The lowest BCUT2D eigenvalue weighted by Crippen LogP contribution is -2.30. The molecule has 0 radical (unpaired) electrons. The standard InChI is InChI=1S/C21H21N5O4S/c1-3-26(4-2)20(28)14-7-5-8-15(11-14)24-17(27)12-30-21(29)16-13-31-19(25-16)18-22-9-6-10-23-18/h5-11,13H,3-4,12H2,1-2H3,(H,24,27). The van der Waals surface area contributed by atoms with E-state index in [0.717, 1.165) is 0 Å². The van der Waals surface area contributed by atoms with E-state index in [4.69, 9.17) is 4.74 Å². The van der Waals surface area contributed by atoms with Crippen molar-refractivity contribution in [2.45, 2.75) is 13.8 Å². The number of carbonyl (C=O) groups excluding carboxylic acids is 3. The molecule has 0 fully saturated rings. The molecule has 1 aromatic carbocycles. The second-order valence-corrected chi connectivity index (χ2v) is 7.15. The van der Waals surface area contributed by atoms with E-state index in [1.54, 1.807) is 47.6 Å². The number of esters is 1. The second kappa shape index (κ2) is 10.4. The Labute approximate surface area is 183 Å². The molecule has 3 rings (SSSR count). The van der Waals surface area contributed by atoms with Crippen LogP contribution in [0.25, 0.3) is 10.8 Å². The molecule has 160 valence electrons. The number of thiazole rings is 1. The molecule has 0 aliphatic heterocycles. The average molecular weight is 439 g/mol. The van der Waals surface area contributed by atoms with Gasteiger partial charge in [0.25, 0.3) is 11.8 Å². The highest BCUT2D eigenvalue weighted by molar-refractivity contribution is 7.13. The van der Waals surface area contributed by atoms with Crippen molar-refractivity contribution < 1.29 is 19.1 Å². The van der Waals surface area contributed by atoms with Crippen LogP contribution in [0.5, 0.6) is 0 Å². The van der Waals surface area contributed by atoms with Crippen LogP contribution in [0, 0.1) is 0 Å². The summed E-state index contributed by atoms with van der Waals surface area (Å²) in [5, 5.41) is 4.63. The molecule has 0 aliphatic rings. The Hall–Kier alpha value is -3.66. The summed E-state index contributed by atoms with van der Waals surface area (Å²) < 4.78 is 5.04. The summed E-state index contributed by atoms with van der Waals surface area (Å²) in [7, 11) is 0. The zero-order chi connectivity index (χ0) is 22.2. The molecule has 2 heterocycles. The fourth-order valence-electron chi connectivity index (χ4n) is 2.71. The number of nitrogens with zero attached hydrogens (tertiary/aromatic N) is 4. The van der Waals surface area contributed by atoms with Crippen molar-refractivity contribution in [2.75, 3.05) is 25.0 Å². The predicted molar refractivity (Wildman–Crippen MR) is 116 cm³/mol. The number of rotatable bonds is 8. The Bertz CT molecular complexity index is 1070. The monoisotopic (exact) mass is 439 g/mol. The minimum atomic E-state index is -0.723. The molecule has 1 N–H and O–H groups in total. The van der Waals surface area contributed by atoms with Crippen molar-refractivity contribution in [3.8, 4) is 10.8 Å². The Balaban J connectivity index is 1.56. The van der Waals surface area contributed by atoms with E-state index in [2.05, 4.69) is 20.3 Å². The highest BCUT2D eigenvalue weighted by Gasteiger charge is 2.17. The van der Waals surface area contributed by atoms with Gasteiger partial charge >= 0.3 is 5.97 Å². The van der Waals surface area contributed by atoms with Crippen LogP contribution in [-0.2, 0) is 9.53 Å². The number of anilines is 1. The fourth-order valence-corrected chi connectivity index (χ4v) is 3.44. The molecule has 9 nitrogen and oxygen atoms in total. The summed E-state index contributed by atoms with van der Waals surface area (Å²) in [5.41, 5.74) is 0.986. The number of ether oxygens (including phenoxy) is 1. The minimum Gasteiger partial charge on any atom is -0.451 e. The molecule has 2 aromatic heterocycles. The first-order valence-corrected chi connectivity index (χ1v) is 10.5. The number of benzene rings is 1. The largest absolute Gasteiger partial charge is 0.451 e. The maximum absolute atomic E-state index is 12.5. The van der Waals surface area contributed by atoms with E-state index in [9.17, 15) is 14.4 Å². The van der Waals surface area contributed by atoms with E-state index >= 15 is 0 Å². The molecule has 3 aromatic rings. The first kappa shape index (κ1) is 22.0. The Morgan fingerprint density at radius 2 is 1.84 bits per heavy atom. The smallest absolute Gasteiger partial charge is 0.358 e. The minimum absolute atomic E-state index is 0.0760. The van der Waals surface area contributed by atoms with Gasteiger partial charge in [0.05, 0.1) is 0 Å². The normalized spacial score (nSPS) is 10.4. The van der Waals surface area contributed by atoms with Crippen LogP contribution >= 0.6 is 11.3 Å². The van der Waals surface area contributed by atoms with Crippen molar-refractivity contribution in [3.05, 3.63) is 59.4 Å². The quantitative estimate of drug-likeness (QED) is 0.537. The maximum Gasteiger partial charge on any atom is 0.358 e. The van der Waals surface area contributed by atoms with Gasteiger partial charge in [-0.15, -0.1) is 11.3 Å². The number of amides is 2. The molecule has 0 saturated carbocycles. The van der Waals surface area contributed by atoms with E-state index in [0.29, 0.717) is 35.2 Å². The van der Waals surface area contributed by atoms with E-state index in [-0.39, 0.29) is 11.6 Å². The topological polar surface area (TPSA) is 114 Å². The fraction of sp³-hybridized carbons (Fsp3) is 0.238. The molecular weight excluding hydrogens is 418 g/mol. The second-order valence-electron chi connectivity index (χ2n) is 6.29. The molecule has 0 aliphatic carbocycles. The number of aromatic nitrogens is 3. The summed E-state index contributed by atoms with van der Waals surface area (Å²) in [6.45, 7) is 4.51. The molecule has 0 bridgehead atoms. The van der Waals surface area contributed by atoms with Crippen molar-refractivity contribution >= 4 is 34.8 Å². The maximum atomic E-state index is 12.5. The van der Waals surface area contributed by atoms with E-state index in [1.807, 2.05) is 13.8 Å². The first-order valence-electron chi connectivity index (χ1n) is 9.61. The SMILES string of the molecule is CCN(CC)C(=O)c1cccc(NC(=O)COC(=O)c2csc(-c3ncccn3)n2)c1. The van der Waals surface area contributed by atoms with Gasteiger partial charge in [0, 0.05) is 42.1 Å². The van der Waals surface area contributed by atoms with Crippen molar-refractivity contribution in [1.29, 1.82) is 0 Å². The van der Waals surface area contributed by atoms with Gasteiger partial charge < -0.3 is 15.0 Å². The van der Waals surface area contributed by atoms with Crippen LogP contribution in [0.15, 0.2) is 48.1 Å². The van der Waals surface area contributed by atoms with Gasteiger partial charge in [-0.1, -0.05) is 6.07 Å². The molecule has 31 heavy (non-hydrogen) atoms. The van der Waals surface area contributed by atoms with Crippen molar-refractivity contribution in [2.24, 2.45) is 0 Å². The van der Waals surface area contributed by atoms with Gasteiger partial charge in [-0.3, -0.25) is 9.59 Å². The predicted octanol–water partition coefficient (Wildman–Crippen LogP) is 2.88. The van der Waals surface area contributed by atoms with Crippen LogP contribution in [0.4, 0.5) is 5.69 Å². The molecule has 10 heteroatoms. The first-order chi connectivity index (χ1) is 15.0. The summed E-state index contributed by atoms with van der Waals surface area (Å²) in [6.07, 6.45) is 3.16. The van der Waals surface area contributed by atoms with Crippen LogP contribution in [0.2, 0.25) is 0 Å². The van der Waals surface area contributed by atoms with Crippen LogP contribution in [0.1, 0.15) is 34.7 Å². The van der Waals surface area contributed by atoms with Gasteiger partial charge in [-0.25, -0.2) is 19.7 Å². The molecule has 0 atom stereocenters. The third kappa shape index (κ3) is 5.70. The van der Waals surface area contributed by atoms with Gasteiger partial charge in [0.15, 0.2) is 23.1 Å². The molecule has 0 spiro atoms. The van der Waals surface area contributed by atoms with Gasteiger partial charge in [0.1, 0.15) is 0 Å². The van der Waals surface area contributed by atoms with Gasteiger partial charge in [-0.2, -0.15) is 0 Å². The summed E-state index contributed by atoms with van der Waals surface area (Å²) in [4.78, 5) is 50.8. The van der Waals surface area contributed by atoms with Crippen molar-refractivity contribution in [1.82, 2.24) is 19.9 Å². The third-order valence-electron chi connectivity index (χ3n) is 4.25. The summed E-state index contributed by atoms with van der Waals surface area (Å²) >= 11 is 1.20. The van der Waals surface area contributed by atoms with Crippen LogP contribution in [-0.4, -0.2) is 57.3 Å². The third-order valence-corrected chi connectivity index (χ3v) is 5.09. The highest BCUT2D eigenvalue weighted by atomic mass is 32.1. The Kier molecular flexibility index (Phi) is 7.39. The zero-order valence-electron chi connectivity index (χ0n) is 17.1. The van der Waals surface area contributed by atoms with Crippen LogP contribution in [0.3, 0.4) is 0 Å². The number of hydrogen-bond donors (Lipinski definition) is 1. The van der Waals surface area contributed by atoms with E-state index < -0.39 is 18.5 Å². The van der Waals surface area contributed by atoms with E-state index in [1.165, 1.54) is 16.7 Å². The summed E-state index contributed by atoms with van der Waals surface area (Å²) in [6, 6.07) is 8.30. The van der Waals surface area contributed by atoms with Gasteiger partial charge in [0.2, 0.25) is 0 Å². The lowest BCUT2D eigenvalue weighted by molar-refractivity contribution is -0.119. The van der Waals surface area contributed by atoms with Crippen LogP contribution < -0.4 is 5.32 Å². The number of nitrogens with one attached hydrogen (secondary N) is 1. The Morgan fingerprint density at radius 3 is 2.55 bits per heavy atom. The summed E-state index contributed by atoms with van der Waals surface area (Å²) in [5.74, 6) is -0.959. The lowest BCUT2D eigenvalue weighted by atomic mass is 10.1. The Morgan fingerprint density at radius 1 is 1.10 bits per heavy atom. The average Bonchev–Trinajstić information content (AvgIpc) is 3.29. The molecular formula is C21H21N5O4S. The number of hydrogen-bond acceptors (Lipinski definition) is 8. The highest BCUT2D eigenvalue weighted by Crippen LogP contribution is 2.20. The zero-order valence-corrected chi connectivity index (χ0v) is 17.9.